The number of ketones is 2. The van der Waals surface area contributed by atoms with Crippen molar-refractivity contribution in [1.82, 2.24) is 3.97 Å². The van der Waals surface area contributed by atoms with Gasteiger partial charge in [0.25, 0.3) is 0 Å². The highest BCUT2D eigenvalue weighted by Gasteiger charge is 2.46. The SMILES string of the molecule is CS(=O)(=O)n1cc(-c2ccccc2)c2c1C1=C(C(=O)C2=O)C2C=CC1CC2. The van der Waals surface area contributed by atoms with E-state index in [0.717, 1.165) is 30.2 Å². The summed E-state index contributed by atoms with van der Waals surface area (Å²) in [7, 11) is -3.64. The zero-order chi connectivity index (χ0) is 18.9. The summed E-state index contributed by atoms with van der Waals surface area (Å²) in [6, 6.07) is 9.13. The van der Waals surface area contributed by atoms with E-state index < -0.39 is 21.6 Å². The summed E-state index contributed by atoms with van der Waals surface area (Å²) in [5.41, 5.74) is 3.03. The molecule has 1 aromatic carbocycles. The molecule has 0 saturated heterocycles. The van der Waals surface area contributed by atoms with Crippen LogP contribution < -0.4 is 0 Å². The van der Waals surface area contributed by atoms with Gasteiger partial charge in [0.1, 0.15) is 0 Å². The number of aromatic nitrogens is 1. The van der Waals surface area contributed by atoms with Crippen molar-refractivity contribution in [1.29, 1.82) is 0 Å². The first-order valence-corrected chi connectivity index (χ1v) is 10.8. The van der Waals surface area contributed by atoms with Crippen molar-refractivity contribution in [2.45, 2.75) is 12.8 Å². The molecule has 2 atom stereocenters. The molecule has 6 rings (SSSR count). The maximum atomic E-state index is 13.1. The largest absolute Gasteiger partial charge is 0.285 e. The third-order valence-electron chi connectivity index (χ3n) is 5.74. The third kappa shape index (κ3) is 2.19. The predicted molar refractivity (Wildman–Crippen MR) is 102 cm³/mol. The highest BCUT2D eigenvalue weighted by molar-refractivity contribution is 7.89. The molecular formula is C21H17NO4S. The Morgan fingerprint density at radius 2 is 1.56 bits per heavy atom. The molecular weight excluding hydrogens is 362 g/mol. The summed E-state index contributed by atoms with van der Waals surface area (Å²) in [5, 5.41) is 0. The Labute approximate surface area is 157 Å². The summed E-state index contributed by atoms with van der Waals surface area (Å²) in [6.45, 7) is 0. The Morgan fingerprint density at radius 1 is 0.926 bits per heavy atom. The number of allylic oxidation sites excluding steroid dienone is 4. The normalized spacial score (nSPS) is 23.6. The Kier molecular flexibility index (Phi) is 3.28. The first-order valence-electron chi connectivity index (χ1n) is 8.91. The molecule has 5 nitrogen and oxygen atoms in total. The van der Waals surface area contributed by atoms with E-state index in [4.69, 9.17) is 0 Å². The summed E-state index contributed by atoms with van der Waals surface area (Å²) >= 11 is 0. The van der Waals surface area contributed by atoms with Crippen molar-refractivity contribution in [2.24, 2.45) is 11.8 Å². The Bertz CT molecular complexity index is 1180. The van der Waals surface area contributed by atoms with Crippen molar-refractivity contribution in [3.8, 4) is 11.1 Å². The van der Waals surface area contributed by atoms with Crippen LogP contribution in [0.3, 0.4) is 0 Å². The van der Waals surface area contributed by atoms with Crippen LogP contribution in [-0.2, 0) is 14.8 Å². The van der Waals surface area contributed by atoms with Crippen molar-refractivity contribution >= 4 is 27.2 Å². The van der Waals surface area contributed by atoms with E-state index in [1.54, 1.807) is 0 Å². The second-order valence-corrected chi connectivity index (χ2v) is 9.21. The van der Waals surface area contributed by atoms with Crippen molar-refractivity contribution in [3.05, 3.63) is 65.5 Å². The molecule has 27 heavy (non-hydrogen) atoms. The minimum Gasteiger partial charge on any atom is -0.285 e. The fourth-order valence-corrected chi connectivity index (χ4v) is 5.41. The predicted octanol–water partition coefficient (Wildman–Crippen LogP) is 3.08. The standard InChI is InChI=1S/C21H17NO4S/c1-27(25,26)22-11-15(12-5-3-2-4-6-12)18-19(22)16-13-7-9-14(10-8-13)17(16)20(23)21(18)24/h2-7,9,11,13-14H,8,10H2,1H3. The lowest BCUT2D eigenvalue weighted by atomic mass is 9.65. The first kappa shape index (κ1) is 16.4. The monoisotopic (exact) mass is 379 g/mol. The van der Waals surface area contributed by atoms with E-state index in [9.17, 15) is 18.0 Å². The Morgan fingerprint density at radius 3 is 2.15 bits per heavy atom. The van der Waals surface area contributed by atoms with Gasteiger partial charge in [0.15, 0.2) is 0 Å². The summed E-state index contributed by atoms with van der Waals surface area (Å²) < 4.78 is 26.3. The summed E-state index contributed by atoms with van der Waals surface area (Å²) in [5.74, 6) is -1.22. The molecule has 6 heteroatoms. The number of carbonyl (C=O) groups is 2. The van der Waals surface area contributed by atoms with E-state index >= 15 is 0 Å². The number of fused-ring (bicyclic) bond motifs is 2. The lowest BCUT2D eigenvalue weighted by molar-refractivity contribution is -0.112. The van der Waals surface area contributed by atoms with Crippen LogP contribution in [0.2, 0.25) is 0 Å². The number of hydrogen-bond donors (Lipinski definition) is 0. The molecule has 0 fully saturated rings. The fraction of sp³-hybridized carbons (Fsp3) is 0.238. The van der Waals surface area contributed by atoms with Crippen molar-refractivity contribution in [3.63, 3.8) is 0 Å². The molecule has 2 unspecified atom stereocenters. The lowest BCUT2D eigenvalue weighted by Crippen LogP contribution is -2.35. The second kappa shape index (κ2) is 5.39. The molecule has 4 aliphatic carbocycles. The van der Waals surface area contributed by atoms with Crippen molar-refractivity contribution < 1.29 is 18.0 Å². The Hall–Kier alpha value is -2.73. The highest BCUT2D eigenvalue weighted by atomic mass is 32.2. The molecule has 136 valence electrons. The van der Waals surface area contributed by atoms with E-state index in [2.05, 4.69) is 0 Å². The van der Waals surface area contributed by atoms with Gasteiger partial charge in [0.05, 0.1) is 17.5 Å². The lowest BCUT2D eigenvalue weighted by Gasteiger charge is -2.37. The average molecular weight is 379 g/mol. The molecule has 1 heterocycles. The van der Waals surface area contributed by atoms with Gasteiger partial charge in [0.2, 0.25) is 21.6 Å². The van der Waals surface area contributed by atoms with E-state index in [1.807, 2.05) is 42.5 Å². The molecule has 4 aliphatic rings. The van der Waals surface area contributed by atoms with Crippen LogP contribution in [0.4, 0.5) is 0 Å². The molecule has 0 radical (unpaired) electrons. The van der Waals surface area contributed by atoms with Crippen LogP contribution in [-0.4, -0.2) is 30.2 Å². The van der Waals surface area contributed by atoms with Gasteiger partial charge in [-0.1, -0.05) is 42.5 Å². The number of hydrogen-bond acceptors (Lipinski definition) is 4. The number of carbonyl (C=O) groups excluding carboxylic acids is 2. The van der Waals surface area contributed by atoms with Gasteiger partial charge >= 0.3 is 0 Å². The zero-order valence-corrected chi connectivity index (χ0v) is 15.5. The third-order valence-corrected chi connectivity index (χ3v) is 6.75. The van der Waals surface area contributed by atoms with Gasteiger partial charge in [-0.05, 0) is 24.0 Å². The molecule has 1 aromatic heterocycles. The molecule has 0 spiro atoms. The maximum Gasteiger partial charge on any atom is 0.236 e. The van der Waals surface area contributed by atoms with Gasteiger partial charge in [-0.15, -0.1) is 0 Å². The number of benzene rings is 1. The smallest absolute Gasteiger partial charge is 0.236 e. The Balaban J connectivity index is 1.90. The van der Waals surface area contributed by atoms with Crippen LogP contribution in [0.15, 0.2) is 54.3 Å². The molecule has 2 aromatic rings. The van der Waals surface area contributed by atoms with Gasteiger partial charge in [-0.2, -0.15) is 0 Å². The van der Waals surface area contributed by atoms with E-state index in [1.165, 1.54) is 10.2 Å². The molecule has 0 N–H and O–H groups in total. The van der Waals surface area contributed by atoms with E-state index in [0.29, 0.717) is 16.8 Å². The van der Waals surface area contributed by atoms with Gasteiger partial charge in [-0.25, -0.2) is 12.4 Å². The molecule has 0 aliphatic heterocycles. The molecule has 0 saturated carbocycles. The van der Waals surface area contributed by atoms with Crippen LogP contribution in [0, 0.1) is 11.8 Å². The van der Waals surface area contributed by atoms with Gasteiger partial charge < -0.3 is 0 Å². The summed E-state index contributed by atoms with van der Waals surface area (Å²) in [6.07, 6.45) is 8.31. The average Bonchev–Trinajstić information content (AvgIpc) is 3.08. The zero-order valence-electron chi connectivity index (χ0n) is 14.7. The van der Waals surface area contributed by atoms with E-state index in [-0.39, 0.29) is 17.4 Å². The van der Waals surface area contributed by atoms with Crippen molar-refractivity contribution in [2.75, 3.05) is 6.26 Å². The fourth-order valence-electron chi connectivity index (χ4n) is 4.60. The van der Waals surface area contributed by atoms with Crippen LogP contribution >= 0.6 is 0 Å². The minimum absolute atomic E-state index is 0.0279. The highest BCUT2D eigenvalue weighted by Crippen LogP contribution is 2.51. The number of nitrogens with zero attached hydrogens (tertiary/aromatic N) is 1. The number of rotatable bonds is 2. The first-order chi connectivity index (χ1) is 12.9. The number of Topliss-reactive ketones (excluding diaryl/α,β-unsaturated/α-hetero) is 2. The second-order valence-electron chi connectivity index (χ2n) is 7.35. The minimum atomic E-state index is -3.64. The van der Waals surface area contributed by atoms with Crippen LogP contribution in [0.5, 0.6) is 0 Å². The quantitative estimate of drug-likeness (QED) is 0.594. The van der Waals surface area contributed by atoms with Crippen LogP contribution in [0.25, 0.3) is 16.7 Å². The summed E-state index contributed by atoms with van der Waals surface area (Å²) in [4.78, 5) is 26.0. The van der Waals surface area contributed by atoms with Crippen LogP contribution in [0.1, 0.15) is 28.9 Å². The maximum absolute atomic E-state index is 13.1. The van der Waals surface area contributed by atoms with Gasteiger partial charge in [0, 0.05) is 29.2 Å². The topological polar surface area (TPSA) is 73.2 Å². The molecule has 0 amide bonds. The van der Waals surface area contributed by atoms with Gasteiger partial charge in [-0.3, -0.25) is 9.59 Å². The molecule has 2 bridgehead atoms.